The second-order valence-electron chi connectivity index (χ2n) is 3.55. The van der Waals surface area contributed by atoms with Gasteiger partial charge in [0.2, 0.25) is 5.82 Å². The number of thiophene rings is 1. The molecular formula is C10H6F3N3O4S. The van der Waals surface area contributed by atoms with E-state index in [2.05, 4.69) is 19.5 Å². The number of alkyl halides is 3. The lowest BCUT2D eigenvalue weighted by Gasteiger charge is -1.97. The van der Waals surface area contributed by atoms with Crippen LogP contribution < -0.4 is 5.48 Å². The molecule has 7 nitrogen and oxygen atoms in total. The van der Waals surface area contributed by atoms with E-state index in [1.165, 1.54) is 12.1 Å². The van der Waals surface area contributed by atoms with Crippen LogP contribution in [0.15, 0.2) is 16.7 Å². The number of ketones is 1. The molecule has 2 aromatic rings. The molecule has 2 aromatic heterocycles. The number of hydrogen-bond donors (Lipinski definition) is 1. The number of amides is 1. The molecule has 1 N–H and O–H groups in total. The quantitative estimate of drug-likeness (QED) is 0.523. The molecule has 0 bridgehead atoms. The molecule has 1 amide bonds. The second kappa shape index (κ2) is 5.61. The average molecular weight is 321 g/mol. The number of carbonyl (C=O) groups excluding carboxylic acids is 2. The van der Waals surface area contributed by atoms with Gasteiger partial charge < -0.3 is 4.52 Å². The molecule has 0 fully saturated rings. The maximum atomic E-state index is 12.3. The van der Waals surface area contributed by atoms with Crippen molar-refractivity contribution < 1.29 is 32.1 Å². The summed E-state index contributed by atoms with van der Waals surface area (Å²) < 4.78 is 41.1. The summed E-state index contributed by atoms with van der Waals surface area (Å²) in [4.78, 5) is 30.5. The van der Waals surface area contributed by atoms with E-state index < -0.39 is 23.8 Å². The van der Waals surface area contributed by atoms with Crippen LogP contribution in [0.5, 0.6) is 0 Å². The topological polar surface area (TPSA) is 94.3 Å². The van der Waals surface area contributed by atoms with Crippen molar-refractivity contribution in [1.29, 1.82) is 0 Å². The monoisotopic (exact) mass is 321 g/mol. The van der Waals surface area contributed by atoms with Crippen molar-refractivity contribution in [2.45, 2.75) is 6.18 Å². The third kappa shape index (κ3) is 3.25. The zero-order chi connectivity index (χ0) is 15.6. The molecule has 112 valence electrons. The van der Waals surface area contributed by atoms with Gasteiger partial charge in [-0.15, -0.1) is 11.3 Å². The van der Waals surface area contributed by atoms with Crippen LogP contribution in [0.1, 0.15) is 15.6 Å². The standard InChI is InChI=1S/C10H6F3N3O4S/c1-19-16-8(18)6(17)4-2-3-5(21-4)7-14-9(20-15-7)10(11,12)13/h2-3H,1H3,(H,16,18). The van der Waals surface area contributed by atoms with Gasteiger partial charge in [0.25, 0.3) is 5.78 Å². The lowest BCUT2D eigenvalue weighted by Crippen LogP contribution is -2.29. The highest BCUT2D eigenvalue weighted by Crippen LogP contribution is 2.31. The minimum Gasteiger partial charge on any atom is -0.329 e. The fourth-order valence-corrected chi connectivity index (χ4v) is 2.14. The molecule has 0 aliphatic rings. The number of aromatic nitrogens is 2. The Morgan fingerprint density at radius 3 is 2.67 bits per heavy atom. The third-order valence-corrected chi connectivity index (χ3v) is 3.20. The van der Waals surface area contributed by atoms with Gasteiger partial charge in [-0.25, -0.2) is 5.48 Å². The number of Topliss-reactive ketones (excluding diaryl/α,β-unsaturated/α-hetero) is 1. The summed E-state index contributed by atoms with van der Waals surface area (Å²) in [5, 5.41) is 3.17. The molecule has 0 aliphatic carbocycles. The van der Waals surface area contributed by atoms with Crippen LogP contribution in [-0.2, 0) is 15.8 Å². The Labute approximate surface area is 118 Å². The smallest absolute Gasteiger partial charge is 0.329 e. The van der Waals surface area contributed by atoms with Crippen LogP contribution in [0, 0.1) is 0 Å². The van der Waals surface area contributed by atoms with E-state index >= 15 is 0 Å². The summed E-state index contributed by atoms with van der Waals surface area (Å²) in [5.41, 5.74) is 1.84. The molecule has 0 aliphatic heterocycles. The van der Waals surface area contributed by atoms with E-state index in [-0.39, 0.29) is 15.6 Å². The van der Waals surface area contributed by atoms with Gasteiger partial charge in [0, 0.05) is 0 Å². The molecular weight excluding hydrogens is 315 g/mol. The van der Waals surface area contributed by atoms with Crippen LogP contribution in [-0.4, -0.2) is 28.9 Å². The van der Waals surface area contributed by atoms with E-state index in [9.17, 15) is 22.8 Å². The number of hydrogen-bond acceptors (Lipinski definition) is 7. The van der Waals surface area contributed by atoms with Gasteiger partial charge in [-0.05, 0) is 12.1 Å². The molecule has 0 saturated carbocycles. The van der Waals surface area contributed by atoms with Gasteiger partial charge in [-0.1, -0.05) is 5.16 Å². The van der Waals surface area contributed by atoms with Crippen LogP contribution in [0.25, 0.3) is 10.7 Å². The number of carbonyl (C=O) groups is 2. The average Bonchev–Trinajstić information content (AvgIpc) is 3.06. The summed E-state index contributed by atoms with van der Waals surface area (Å²) >= 11 is 0.754. The predicted molar refractivity (Wildman–Crippen MR) is 62.1 cm³/mol. The number of halogens is 3. The molecule has 0 spiro atoms. The number of rotatable bonds is 4. The van der Waals surface area contributed by atoms with E-state index in [0.29, 0.717) is 0 Å². The summed E-state index contributed by atoms with van der Waals surface area (Å²) in [6.07, 6.45) is -4.75. The fraction of sp³-hybridized carbons (Fsp3) is 0.200. The maximum absolute atomic E-state index is 12.3. The van der Waals surface area contributed by atoms with Crippen molar-refractivity contribution in [1.82, 2.24) is 15.6 Å². The largest absolute Gasteiger partial charge is 0.471 e. The lowest BCUT2D eigenvalue weighted by atomic mass is 10.3. The van der Waals surface area contributed by atoms with Crippen LogP contribution in [0.4, 0.5) is 13.2 Å². The SMILES string of the molecule is CONC(=O)C(=O)c1ccc(-c2noc(C(F)(F)F)n2)s1. The van der Waals surface area contributed by atoms with E-state index in [4.69, 9.17) is 0 Å². The first-order valence-corrected chi connectivity index (χ1v) is 6.03. The van der Waals surface area contributed by atoms with Gasteiger partial charge in [0.05, 0.1) is 16.9 Å². The van der Waals surface area contributed by atoms with Crippen LogP contribution >= 0.6 is 11.3 Å². The maximum Gasteiger partial charge on any atom is 0.471 e. The Morgan fingerprint density at radius 2 is 2.10 bits per heavy atom. The molecule has 0 saturated heterocycles. The van der Waals surface area contributed by atoms with Crippen molar-refractivity contribution in [3.05, 3.63) is 22.9 Å². The van der Waals surface area contributed by atoms with Crippen molar-refractivity contribution in [3.63, 3.8) is 0 Å². The molecule has 11 heteroatoms. The van der Waals surface area contributed by atoms with Crippen LogP contribution in [0.3, 0.4) is 0 Å². The zero-order valence-corrected chi connectivity index (χ0v) is 11.0. The summed E-state index contributed by atoms with van der Waals surface area (Å²) in [5.74, 6) is -3.71. The minimum absolute atomic E-state index is 0.00194. The van der Waals surface area contributed by atoms with Gasteiger partial charge >= 0.3 is 18.0 Å². The van der Waals surface area contributed by atoms with Gasteiger partial charge in [-0.3, -0.25) is 14.4 Å². The first kappa shape index (κ1) is 15.1. The Hall–Kier alpha value is -2.27. The van der Waals surface area contributed by atoms with Crippen molar-refractivity contribution in [2.75, 3.05) is 7.11 Å². The number of nitrogens with one attached hydrogen (secondary N) is 1. The molecule has 2 rings (SSSR count). The minimum atomic E-state index is -4.75. The highest BCUT2D eigenvalue weighted by molar-refractivity contribution is 7.18. The first-order chi connectivity index (χ1) is 9.82. The molecule has 0 atom stereocenters. The number of nitrogens with zero attached hydrogens (tertiary/aromatic N) is 2. The Kier molecular flexibility index (Phi) is 4.04. The van der Waals surface area contributed by atoms with Crippen molar-refractivity contribution in [3.8, 4) is 10.7 Å². The molecule has 0 aromatic carbocycles. The van der Waals surface area contributed by atoms with Crippen molar-refractivity contribution in [2.24, 2.45) is 0 Å². The lowest BCUT2D eigenvalue weighted by molar-refractivity contribution is -0.159. The fourth-order valence-electron chi connectivity index (χ4n) is 1.27. The van der Waals surface area contributed by atoms with Crippen molar-refractivity contribution >= 4 is 23.0 Å². The van der Waals surface area contributed by atoms with Gasteiger partial charge in [-0.2, -0.15) is 18.2 Å². The Bertz CT molecular complexity index is 679. The first-order valence-electron chi connectivity index (χ1n) is 5.21. The van der Waals surface area contributed by atoms with E-state index in [1.54, 1.807) is 0 Å². The molecule has 0 unspecified atom stereocenters. The summed E-state index contributed by atoms with van der Waals surface area (Å²) in [6, 6.07) is 2.57. The van der Waals surface area contributed by atoms with Gasteiger partial charge in [0.15, 0.2) is 0 Å². The third-order valence-electron chi connectivity index (χ3n) is 2.12. The Morgan fingerprint density at radius 1 is 1.38 bits per heavy atom. The highest BCUT2D eigenvalue weighted by atomic mass is 32.1. The van der Waals surface area contributed by atoms with Crippen LogP contribution in [0.2, 0.25) is 0 Å². The summed E-state index contributed by atoms with van der Waals surface area (Å²) in [6.45, 7) is 0. The predicted octanol–water partition coefficient (Wildman–Crippen LogP) is 1.68. The number of hydroxylamine groups is 1. The second-order valence-corrected chi connectivity index (χ2v) is 4.63. The molecule has 0 radical (unpaired) electrons. The van der Waals surface area contributed by atoms with E-state index in [1.807, 2.05) is 5.48 Å². The van der Waals surface area contributed by atoms with E-state index in [0.717, 1.165) is 18.4 Å². The van der Waals surface area contributed by atoms with Gasteiger partial charge in [0.1, 0.15) is 0 Å². The highest BCUT2D eigenvalue weighted by Gasteiger charge is 2.38. The summed E-state index contributed by atoms with van der Waals surface area (Å²) in [7, 11) is 1.16. The zero-order valence-electron chi connectivity index (χ0n) is 10.2. The molecule has 2 heterocycles. The molecule has 21 heavy (non-hydrogen) atoms. The normalized spacial score (nSPS) is 11.4. The Balaban J connectivity index is 2.22.